The first-order valence-electron chi connectivity index (χ1n) is 7.09. The summed E-state index contributed by atoms with van der Waals surface area (Å²) in [5.41, 5.74) is 4.19. The van der Waals surface area contributed by atoms with E-state index in [1.807, 2.05) is 25.7 Å². The molecule has 0 radical (unpaired) electrons. The van der Waals surface area contributed by atoms with Gasteiger partial charge in [0.15, 0.2) is 5.82 Å². The average Bonchev–Trinajstić information content (AvgIpc) is 2.65. The van der Waals surface area contributed by atoms with Crippen molar-refractivity contribution in [1.29, 1.82) is 0 Å². The zero-order valence-electron chi connectivity index (χ0n) is 13.5. The smallest absolute Gasteiger partial charge is 0.165 e. The first kappa shape index (κ1) is 16.2. The number of aromatic nitrogens is 4. The van der Waals surface area contributed by atoms with E-state index in [-0.39, 0.29) is 0 Å². The van der Waals surface area contributed by atoms with E-state index in [1.54, 1.807) is 0 Å². The van der Waals surface area contributed by atoms with Crippen molar-refractivity contribution in [1.82, 2.24) is 19.7 Å². The van der Waals surface area contributed by atoms with Gasteiger partial charge in [-0.25, -0.2) is 9.97 Å². The van der Waals surface area contributed by atoms with Crippen molar-refractivity contribution in [2.75, 3.05) is 12.4 Å². The lowest BCUT2D eigenvalue weighted by Gasteiger charge is -2.13. The molecule has 0 fully saturated rings. The van der Waals surface area contributed by atoms with Crippen LogP contribution in [0.3, 0.4) is 0 Å². The van der Waals surface area contributed by atoms with Crippen LogP contribution in [0.25, 0.3) is 11.4 Å². The maximum atomic E-state index is 4.81. The third-order valence-electron chi connectivity index (χ3n) is 3.49. The SMILES string of the molecule is CNc1nc(-c2c(C)nn(C)c2C)nc(CC(C)C)c1I. The van der Waals surface area contributed by atoms with Crippen LogP contribution in [0.2, 0.25) is 0 Å². The molecule has 0 aromatic carbocycles. The molecule has 6 heteroatoms. The van der Waals surface area contributed by atoms with Gasteiger partial charge in [0.1, 0.15) is 5.82 Å². The topological polar surface area (TPSA) is 55.6 Å². The molecule has 21 heavy (non-hydrogen) atoms. The van der Waals surface area contributed by atoms with Crippen LogP contribution in [0.1, 0.15) is 30.9 Å². The molecule has 0 saturated carbocycles. The van der Waals surface area contributed by atoms with Gasteiger partial charge in [0.25, 0.3) is 0 Å². The Morgan fingerprint density at radius 3 is 2.38 bits per heavy atom. The van der Waals surface area contributed by atoms with Crippen LogP contribution in [0, 0.1) is 23.3 Å². The standard InChI is InChI=1S/C15H22IN5/c1-8(2)7-11-13(16)15(17-5)19-14(18-11)12-9(3)20-21(6)10(12)4/h8H,7H2,1-6H3,(H,17,18,19). The van der Waals surface area contributed by atoms with Crippen LogP contribution < -0.4 is 5.32 Å². The van der Waals surface area contributed by atoms with Crippen molar-refractivity contribution < 1.29 is 0 Å². The molecule has 5 nitrogen and oxygen atoms in total. The lowest BCUT2D eigenvalue weighted by molar-refractivity contribution is 0.632. The van der Waals surface area contributed by atoms with E-state index in [1.165, 1.54) is 0 Å². The van der Waals surface area contributed by atoms with E-state index < -0.39 is 0 Å². The van der Waals surface area contributed by atoms with E-state index in [2.05, 4.69) is 58.8 Å². The van der Waals surface area contributed by atoms with Crippen molar-refractivity contribution in [3.05, 3.63) is 20.7 Å². The van der Waals surface area contributed by atoms with Crippen LogP contribution in [0.5, 0.6) is 0 Å². The maximum absolute atomic E-state index is 4.81. The molecule has 0 unspecified atom stereocenters. The van der Waals surface area contributed by atoms with E-state index in [4.69, 9.17) is 4.98 Å². The summed E-state index contributed by atoms with van der Waals surface area (Å²) in [6.07, 6.45) is 0.945. The minimum absolute atomic E-state index is 0.557. The number of hydrogen-bond donors (Lipinski definition) is 1. The number of hydrogen-bond acceptors (Lipinski definition) is 4. The molecule has 114 valence electrons. The lowest BCUT2D eigenvalue weighted by Crippen LogP contribution is -2.08. The second-order valence-electron chi connectivity index (χ2n) is 5.67. The van der Waals surface area contributed by atoms with Gasteiger partial charge in [-0.15, -0.1) is 0 Å². The van der Waals surface area contributed by atoms with Gasteiger partial charge in [0.05, 0.1) is 20.5 Å². The number of anilines is 1. The van der Waals surface area contributed by atoms with E-state index in [9.17, 15) is 0 Å². The summed E-state index contributed by atoms with van der Waals surface area (Å²) in [5.74, 6) is 2.21. The molecule has 0 aliphatic rings. The maximum Gasteiger partial charge on any atom is 0.165 e. The van der Waals surface area contributed by atoms with Crippen LogP contribution in [-0.2, 0) is 13.5 Å². The molecule has 0 aliphatic carbocycles. The van der Waals surface area contributed by atoms with Gasteiger partial charge in [0, 0.05) is 19.8 Å². The van der Waals surface area contributed by atoms with E-state index >= 15 is 0 Å². The van der Waals surface area contributed by atoms with Crippen LogP contribution in [-0.4, -0.2) is 26.8 Å². The molecule has 0 aliphatic heterocycles. The Hall–Kier alpha value is -1.18. The van der Waals surface area contributed by atoms with Crippen LogP contribution in [0.15, 0.2) is 0 Å². The Morgan fingerprint density at radius 2 is 1.90 bits per heavy atom. The summed E-state index contributed by atoms with van der Waals surface area (Å²) >= 11 is 2.32. The Bertz CT molecular complexity index is 661. The number of nitrogens with zero attached hydrogens (tertiary/aromatic N) is 4. The Labute approximate surface area is 139 Å². The Morgan fingerprint density at radius 1 is 1.24 bits per heavy atom. The fourth-order valence-electron chi connectivity index (χ4n) is 2.39. The molecule has 0 saturated heterocycles. The molecule has 2 rings (SSSR count). The predicted octanol–water partition coefficient (Wildman–Crippen LogP) is 3.34. The fourth-order valence-corrected chi connectivity index (χ4v) is 3.12. The summed E-state index contributed by atoms with van der Waals surface area (Å²) in [6.45, 7) is 8.47. The minimum Gasteiger partial charge on any atom is -0.372 e. The van der Waals surface area contributed by atoms with Gasteiger partial charge in [-0.2, -0.15) is 5.10 Å². The van der Waals surface area contributed by atoms with Gasteiger partial charge < -0.3 is 5.32 Å². The molecule has 0 amide bonds. The fraction of sp³-hybridized carbons (Fsp3) is 0.533. The molecule has 0 spiro atoms. The highest BCUT2D eigenvalue weighted by Gasteiger charge is 2.19. The van der Waals surface area contributed by atoms with Gasteiger partial charge in [-0.05, 0) is 48.8 Å². The molecule has 1 N–H and O–H groups in total. The lowest BCUT2D eigenvalue weighted by atomic mass is 10.1. The largest absolute Gasteiger partial charge is 0.372 e. The summed E-state index contributed by atoms with van der Waals surface area (Å²) in [6, 6.07) is 0. The average molecular weight is 399 g/mol. The predicted molar refractivity (Wildman–Crippen MR) is 94.5 cm³/mol. The molecule has 0 atom stereocenters. The minimum atomic E-state index is 0.557. The van der Waals surface area contributed by atoms with Crippen molar-refractivity contribution in [3.63, 3.8) is 0 Å². The van der Waals surface area contributed by atoms with Crippen LogP contribution >= 0.6 is 22.6 Å². The van der Waals surface area contributed by atoms with Gasteiger partial charge in [0.2, 0.25) is 0 Å². The van der Waals surface area contributed by atoms with Crippen molar-refractivity contribution >= 4 is 28.4 Å². The molecule has 2 aromatic rings. The molecule has 0 bridgehead atoms. The Balaban J connectivity index is 2.63. The van der Waals surface area contributed by atoms with Gasteiger partial charge >= 0.3 is 0 Å². The van der Waals surface area contributed by atoms with Crippen molar-refractivity contribution in [2.24, 2.45) is 13.0 Å². The number of nitrogens with one attached hydrogen (secondary N) is 1. The second kappa shape index (κ2) is 6.29. The summed E-state index contributed by atoms with van der Waals surface area (Å²) in [5, 5.41) is 7.65. The first-order valence-corrected chi connectivity index (χ1v) is 8.17. The molecule has 2 heterocycles. The van der Waals surface area contributed by atoms with Crippen molar-refractivity contribution in [2.45, 2.75) is 34.1 Å². The number of halogens is 1. The zero-order chi connectivity index (χ0) is 15.7. The summed E-state index contributed by atoms with van der Waals surface area (Å²) < 4.78 is 2.99. The van der Waals surface area contributed by atoms with E-state index in [0.29, 0.717) is 5.92 Å². The normalized spacial score (nSPS) is 11.2. The third-order valence-corrected chi connectivity index (χ3v) is 4.62. The Kier molecular flexibility index (Phi) is 4.85. The third kappa shape index (κ3) is 3.20. The highest BCUT2D eigenvalue weighted by molar-refractivity contribution is 14.1. The van der Waals surface area contributed by atoms with Gasteiger partial charge in [-0.3, -0.25) is 4.68 Å². The quantitative estimate of drug-likeness (QED) is 0.802. The van der Waals surface area contributed by atoms with E-state index in [0.717, 1.165) is 44.3 Å². The highest BCUT2D eigenvalue weighted by atomic mass is 127. The molecule has 2 aromatic heterocycles. The highest BCUT2D eigenvalue weighted by Crippen LogP contribution is 2.28. The first-order chi connectivity index (χ1) is 9.85. The number of aryl methyl sites for hydroxylation is 2. The molecular formula is C15H22IN5. The zero-order valence-corrected chi connectivity index (χ0v) is 15.6. The van der Waals surface area contributed by atoms with Gasteiger partial charge in [-0.1, -0.05) is 13.8 Å². The summed E-state index contributed by atoms with van der Waals surface area (Å²) in [4.78, 5) is 9.50. The second-order valence-corrected chi connectivity index (χ2v) is 6.75. The van der Waals surface area contributed by atoms with Crippen LogP contribution in [0.4, 0.5) is 5.82 Å². The van der Waals surface area contributed by atoms with Crippen molar-refractivity contribution in [3.8, 4) is 11.4 Å². The monoisotopic (exact) mass is 399 g/mol. The number of rotatable bonds is 4. The summed E-state index contributed by atoms with van der Waals surface area (Å²) in [7, 11) is 3.85. The molecular weight excluding hydrogens is 377 g/mol.